The molecule has 0 radical (unpaired) electrons. The maximum Gasteiger partial charge on any atom is 0.309 e. The summed E-state index contributed by atoms with van der Waals surface area (Å²) in [5, 5.41) is 36.2. The summed E-state index contributed by atoms with van der Waals surface area (Å²) < 4.78 is 12.6. The maximum absolute atomic E-state index is 13.1. The fourth-order valence-corrected chi connectivity index (χ4v) is 17.8. The molecule has 56 heavy (non-hydrogen) atoms. The average molecular weight is 775 g/mol. The van der Waals surface area contributed by atoms with Gasteiger partial charge in [0.15, 0.2) is 5.79 Å². The number of hydrogen-bond donors (Lipinski definition) is 3. The fraction of sp³-hybridized carbons (Fsp3) is 0.860. The van der Waals surface area contributed by atoms with E-state index in [0.29, 0.717) is 30.8 Å². The molecular formula is C50H78O6. The average Bonchev–Trinajstić information content (AvgIpc) is 3.33. The van der Waals surface area contributed by atoms with Gasteiger partial charge in [0.25, 0.3) is 0 Å². The number of hydrogen-bond acceptors (Lipinski definition) is 5. The van der Waals surface area contributed by atoms with Crippen molar-refractivity contribution >= 4 is 5.97 Å². The number of aliphatic hydroxyl groups is 2. The van der Waals surface area contributed by atoms with Gasteiger partial charge in [-0.15, -0.1) is 0 Å². The number of unbranched alkanes of at least 4 members (excludes halogenated alkanes) is 3. The highest BCUT2D eigenvalue weighted by atomic mass is 16.6. The Morgan fingerprint density at radius 3 is 2.23 bits per heavy atom. The topological polar surface area (TPSA) is 96.2 Å². The van der Waals surface area contributed by atoms with E-state index in [-0.39, 0.29) is 57.0 Å². The van der Waals surface area contributed by atoms with Gasteiger partial charge < -0.3 is 24.8 Å². The molecule has 6 aliphatic carbocycles. The van der Waals surface area contributed by atoms with Gasteiger partial charge in [-0.05, 0) is 153 Å². The van der Waals surface area contributed by atoms with E-state index >= 15 is 0 Å². The van der Waals surface area contributed by atoms with Gasteiger partial charge in [0.1, 0.15) is 0 Å². The molecule has 7 fully saturated rings. The van der Waals surface area contributed by atoms with Crippen molar-refractivity contribution in [2.24, 2.45) is 67.5 Å². The van der Waals surface area contributed by atoms with Crippen molar-refractivity contribution in [3.63, 3.8) is 0 Å². The zero-order valence-electron chi connectivity index (χ0n) is 36.4. The summed E-state index contributed by atoms with van der Waals surface area (Å²) >= 11 is 0. The molecular weight excluding hydrogens is 697 g/mol. The SMILES string of the molecule is CCCCCCC12CC3CCC4CC5(O)OC(Cc6ccc(CCOC)cc6)C6(CCC(C1(C)CCC1(C)CCC(C)(C(=O)O)CC12)C3(C)C46CO)C5CCC. The number of rotatable bonds is 14. The largest absolute Gasteiger partial charge is 0.481 e. The Labute approximate surface area is 339 Å². The molecule has 1 aromatic rings. The molecule has 6 heteroatoms. The first-order valence-electron chi connectivity index (χ1n) is 23.4. The van der Waals surface area contributed by atoms with E-state index < -0.39 is 17.2 Å². The minimum atomic E-state index is -1.16. The van der Waals surface area contributed by atoms with Crippen molar-refractivity contribution in [1.29, 1.82) is 0 Å². The molecule has 14 unspecified atom stereocenters. The molecule has 7 aliphatic rings. The summed E-state index contributed by atoms with van der Waals surface area (Å²) in [5.74, 6) is -0.232. The molecule has 1 saturated heterocycles. The molecule has 6 saturated carbocycles. The van der Waals surface area contributed by atoms with Gasteiger partial charge in [0, 0.05) is 30.3 Å². The first kappa shape index (κ1) is 41.3. The second kappa shape index (κ2) is 14.3. The van der Waals surface area contributed by atoms with Crippen molar-refractivity contribution in [2.45, 2.75) is 182 Å². The molecule has 0 aromatic heterocycles. The van der Waals surface area contributed by atoms with Crippen LogP contribution in [0.3, 0.4) is 0 Å². The van der Waals surface area contributed by atoms with Crippen molar-refractivity contribution < 1.29 is 29.6 Å². The number of carbonyl (C=O) groups is 1. The van der Waals surface area contributed by atoms with E-state index in [1.807, 2.05) is 0 Å². The van der Waals surface area contributed by atoms with Crippen molar-refractivity contribution in [2.75, 3.05) is 20.3 Å². The van der Waals surface area contributed by atoms with E-state index in [0.717, 1.165) is 70.6 Å². The maximum atomic E-state index is 13.1. The Morgan fingerprint density at radius 1 is 0.839 bits per heavy atom. The van der Waals surface area contributed by atoms with Crippen molar-refractivity contribution in [3.8, 4) is 0 Å². The lowest BCUT2D eigenvalue weighted by molar-refractivity contribution is -0.360. The number of carboxylic acids is 1. The van der Waals surface area contributed by atoms with Crippen LogP contribution in [0.5, 0.6) is 0 Å². The van der Waals surface area contributed by atoms with Crippen LogP contribution in [0.1, 0.15) is 168 Å². The fourth-order valence-electron chi connectivity index (χ4n) is 17.8. The van der Waals surface area contributed by atoms with Crippen LogP contribution in [0.15, 0.2) is 24.3 Å². The third-order valence-corrected chi connectivity index (χ3v) is 20.4. The Morgan fingerprint density at radius 2 is 1.55 bits per heavy atom. The second-order valence-electron chi connectivity index (χ2n) is 22.1. The van der Waals surface area contributed by atoms with Crippen LogP contribution in [-0.2, 0) is 27.1 Å². The molecule has 314 valence electrons. The van der Waals surface area contributed by atoms with Gasteiger partial charge in [0.2, 0.25) is 0 Å². The summed E-state index contributed by atoms with van der Waals surface area (Å²) in [6, 6.07) is 9.03. The summed E-state index contributed by atoms with van der Waals surface area (Å²) in [4.78, 5) is 13.1. The van der Waals surface area contributed by atoms with Crippen LogP contribution >= 0.6 is 0 Å². The molecule has 1 heterocycles. The monoisotopic (exact) mass is 775 g/mol. The van der Waals surface area contributed by atoms with Crippen molar-refractivity contribution in [3.05, 3.63) is 35.4 Å². The summed E-state index contributed by atoms with van der Waals surface area (Å²) in [7, 11) is 1.76. The lowest BCUT2D eigenvalue weighted by atomic mass is 9.21. The van der Waals surface area contributed by atoms with E-state index in [4.69, 9.17) is 9.47 Å². The predicted octanol–water partition coefficient (Wildman–Crippen LogP) is 10.8. The minimum Gasteiger partial charge on any atom is -0.481 e. The Kier molecular flexibility index (Phi) is 10.6. The lowest BCUT2D eigenvalue weighted by Gasteiger charge is -2.82. The van der Waals surface area contributed by atoms with E-state index in [1.165, 1.54) is 62.5 Å². The number of aliphatic carboxylic acids is 1. The van der Waals surface area contributed by atoms with Crippen molar-refractivity contribution in [1.82, 2.24) is 0 Å². The van der Waals surface area contributed by atoms with Gasteiger partial charge in [-0.3, -0.25) is 4.79 Å². The van der Waals surface area contributed by atoms with Crippen LogP contribution in [0.4, 0.5) is 0 Å². The second-order valence-corrected chi connectivity index (χ2v) is 22.1. The number of benzene rings is 1. The number of aliphatic hydroxyl groups excluding tert-OH is 1. The minimum absolute atomic E-state index is 0.00343. The normalized spacial score (nSPS) is 48.8. The lowest BCUT2D eigenvalue weighted by Crippen LogP contribution is -2.79. The molecule has 6 nitrogen and oxygen atoms in total. The molecule has 8 rings (SSSR count). The smallest absolute Gasteiger partial charge is 0.309 e. The zero-order valence-corrected chi connectivity index (χ0v) is 36.4. The third kappa shape index (κ3) is 5.35. The first-order chi connectivity index (χ1) is 26.6. The van der Waals surface area contributed by atoms with Gasteiger partial charge in [-0.1, -0.05) is 91.0 Å². The zero-order chi connectivity index (χ0) is 40.0. The number of carboxylic acid groups (broad SMARTS) is 1. The summed E-state index contributed by atoms with van der Waals surface area (Å²) in [6.07, 6.45) is 20.7. The number of fused-ring (bicyclic) bond motifs is 5. The first-order valence-corrected chi connectivity index (χ1v) is 23.4. The van der Waals surface area contributed by atoms with E-state index in [1.54, 1.807) is 7.11 Å². The Bertz CT molecular complexity index is 1610. The summed E-state index contributed by atoms with van der Waals surface area (Å²) in [5.41, 5.74) is 1.40. The highest BCUT2D eigenvalue weighted by Crippen LogP contribution is 2.88. The molecule has 2 bridgehead atoms. The van der Waals surface area contributed by atoms with Crippen LogP contribution in [0.2, 0.25) is 0 Å². The standard InChI is InChI=1S/C50H78O6/c1-8-10-11-12-22-47-30-36-18-19-37-31-50(54)39(13-9-2)48(41(56-50)29-35-16-14-34(15-17-35)21-28-55-7)23-20-38(46(36,6)49(37,48)33-51)45(47,5)27-26-43(3)24-25-44(4,42(52)53)32-40(43)47/h14-17,36-41,51,54H,8-13,18-33H2,1-7H3,(H,52,53). The predicted molar refractivity (Wildman–Crippen MR) is 222 cm³/mol. The quantitative estimate of drug-likeness (QED) is 0.163. The van der Waals surface area contributed by atoms with Crippen LogP contribution in [-0.4, -0.2) is 53.5 Å². The van der Waals surface area contributed by atoms with Crippen LogP contribution < -0.4 is 0 Å². The summed E-state index contributed by atoms with van der Waals surface area (Å²) in [6.45, 7) is 15.5. The van der Waals surface area contributed by atoms with Crippen LogP contribution in [0, 0.1) is 67.5 Å². The van der Waals surface area contributed by atoms with E-state index in [9.17, 15) is 20.1 Å². The van der Waals surface area contributed by atoms with Gasteiger partial charge in [-0.2, -0.15) is 0 Å². The molecule has 14 atom stereocenters. The molecule has 1 aromatic carbocycles. The molecule has 1 aliphatic heterocycles. The van der Waals surface area contributed by atoms with E-state index in [2.05, 4.69) is 65.8 Å². The molecule has 1 spiro atoms. The van der Waals surface area contributed by atoms with Gasteiger partial charge in [0.05, 0.1) is 24.7 Å². The molecule has 3 N–H and O–H groups in total. The Hall–Kier alpha value is -1.47. The van der Waals surface area contributed by atoms with Gasteiger partial charge in [-0.25, -0.2) is 0 Å². The van der Waals surface area contributed by atoms with Gasteiger partial charge >= 0.3 is 5.97 Å². The number of ether oxygens (including phenoxy) is 2. The number of methoxy groups -OCH3 is 1. The van der Waals surface area contributed by atoms with Crippen LogP contribution in [0.25, 0.3) is 0 Å². The third-order valence-electron chi connectivity index (χ3n) is 20.4. The Balaban J connectivity index is 1.26. The molecule has 0 amide bonds. The highest BCUT2D eigenvalue weighted by molar-refractivity contribution is 5.74. The highest BCUT2D eigenvalue weighted by Gasteiger charge is 2.86.